The van der Waals surface area contributed by atoms with E-state index in [-0.39, 0.29) is 11.9 Å². The molecule has 1 amide bonds. The van der Waals surface area contributed by atoms with Gasteiger partial charge in [-0.25, -0.2) is 9.97 Å². The first-order chi connectivity index (χ1) is 11.5. The fraction of sp³-hybridized carbons (Fsp3) is 0.500. The van der Waals surface area contributed by atoms with Gasteiger partial charge >= 0.3 is 5.97 Å². The monoisotopic (exact) mass is 348 g/mol. The summed E-state index contributed by atoms with van der Waals surface area (Å²) in [5.41, 5.74) is 0. The number of carbonyl (C=O) groups excluding carboxylic acids is 1. The van der Waals surface area contributed by atoms with Crippen LogP contribution in [0.2, 0.25) is 0 Å². The van der Waals surface area contributed by atoms with Gasteiger partial charge in [0.25, 0.3) is 0 Å². The lowest BCUT2D eigenvalue weighted by atomic mass is 10.0. The molecule has 0 aromatic carbocycles. The van der Waals surface area contributed by atoms with Crippen LogP contribution in [0, 0.1) is 5.92 Å². The van der Waals surface area contributed by atoms with E-state index in [2.05, 4.69) is 15.3 Å². The molecule has 2 N–H and O–H groups in total. The minimum absolute atomic E-state index is 0.143. The van der Waals surface area contributed by atoms with Gasteiger partial charge < -0.3 is 15.3 Å². The van der Waals surface area contributed by atoms with Crippen molar-refractivity contribution in [3.63, 3.8) is 0 Å². The second kappa shape index (κ2) is 6.72. The zero-order valence-electron chi connectivity index (χ0n) is 13.6. The number of aromatic nitrogens is 2. The topological polar surface area (TPSA) is 95.4 Å². The maximum absolute atomic E-state index is 12.7. The highest BCUT2D eigenvalue weighted by atomic mass is 32.1. The van der Waals surface area contributed by atoms with Gasteiger partial charge in [0.15, 0.2) is 0 Å². The molecule has 1 aliphatic heterocycles. The van der Waals surface area contributed by atoms with Crippen molar-refractivity contribution in [3.8, 4) is 0 Å². The Labute approximate surface area is 143 Å². The lowest BCUT2D eigenvalue weighted by Crippen LogP contribution is -2.49. The van der Waals surface area contributed by atoms with Gasteiger partial charge in [0.1, 0.15) is 23.0 Å². The number of amides is 1. The molecular formula is C16H20N4O3S. The molecule has 0 bridgehead atoms. The Morgan fingerprint density at radius 3 is 2.96 bits per heavy atom. The molecular weight excluding hydrogens is 328 g/mol. The van der Waals surface area contributed by atoms with E-state index in [1.807, 2.05) is 16.3 Å². The van der Waals surface area contributed by atoms with Gasteiger partial charge in [-0.05, 0) is 38.1 Å². The predicted molar refractivity (Wildman–Crippen MR) is 92.2 cm³/mol. The Morgan fingerprint density at radius 1 is 1.42 bits per heavy atom. The van der Waals surface area contributed by atoms with Crippen molar-refractivity contribution in [1.82, 2.24) is 15.3 Å². The first kappa shape index (κ1) is 16.6. The fourth-order valence-electron chi connectivity index (χ4n) is 2.96. The number of rotatable bonds is 5. The summed E-state index contributed by atoms with van der Waals surface area (Å²) in [7, 11) is 0. The average Bonchev–Trinajstić information content (AvgIpc) is 3.22. The molecule has 1 fully saturated rings. The molecule has 0 radical (unpaired) electrons. The number of carbonyl (C=O) groups is 2. The number of nitrogens with one attached hydrogen (secondary N) is 1. The first-order valence-corrected chi connectivity index (χ1v) is 8.85. The minimum atomic E-state index is -0.915. The van der Waals surface area contributed by atoms with Crippen LogP contribution >= 0.6 is 11.3 Å². The molecule has 8 heteroatoms. The molecule has 2 aromatic heterocycles. The zero-order chi connectivity index (χ0) is 17.3. The molecule has 3 heterocycles. The highest BCUT2D eigenvalue weighted by molar-refractivity contribution is 7.16. The molecule has 128 valence electrons. The van der Waals surface area contributed by atoms with Crippen LogP contribution in [0.25, 0.3) is 10.2 Å². The van der Waals surface area contributed by atoms with Gasteiger partial charge in [-0.15, -0.1) is 11.3 Å². The van der Waals surface area contributed by atoms with Gasteiger partial charge in [0.2, 0.25) is 5.91 Å². The number of hydrogen-bond acceptors (Lipinski definition) is 6. The molecule has 0 aliphatic carbocycles. The van der Waals surface area contributed by atoms with Crippen LogP contribution in [0.5, 0.6) is 0 Å². The Kier molecular flexibility index (Phi) is 4.66. The van der Waals surface area contributed by atoms with Crippen molar-refractivity contribution >= 4 is 39.2 Å². The van der Waals surface area contributed by atoms with Gasteiger partial charge in [0, 0.05) is 12.6 Å². The van der Waals surface area contributed by atoms with Gasteiger partial charge in [-0.2, -0.15) is 0 Å². The summed E-state index contributed by atoms with van der Waals surface area (Å²) in [6.45, 7) is 4.07. The van der Waals surface area contributed by atoms with E-state index in [4.69, 9.17) is 5.11 Å². The van der Waals surface area contributed by atoms with Crippen LogP contribution in [0.15, 0.2) is 17.8 Å². The van der Waals surface area contributed by atoms with Crippen LogP contribution in [-0.4, -0.2) is 45.6 Å². The molecule has 1 saturated heterocycles. The second-order valence-electron chi connectivity index (χ2n) is 6.11. The van der Waals surface area contributed by atoms with Crippen molar-refractivity contribution in [2.24, 2.45) is 5.92 Å². The summed E-state index contributed by atoms with van der Waals surface area (Å²) < 4.78 is 0. The fourth-order valence-corrected chi connectivity index (χ4v) is 3.69. The maximum atomic E-state index is 12.7. The third-order valence-corrected chi connectivity index (χ3v) is 5.40. The summed E-state index contributed by atoms with van der Waals surface area (Å²) >= 11 is 1.54. The molecule has 0 saturated carbocycles. The van der Waals surface area contributed by atoms with Crippen LogP contribution in [-0.2, 0) is 9.59 Å². The number of aliphatic carboxylic acids is 1. The lowest BCUT2D eigenvalue weighted by Gasteiger charge is -2.27. The number of carboxylic acids is 1. The Morgan fingerprint density at radius 2 is 2.21 bits per heavy atom. The van der Waals surface area contributed by atoms with E-state index in [1.54, 1.807) is 25.2 Å². The Balaban J connectivity index is 1.79. The van der Waals surface area contributed by atoms with E-state index >= 15 is 0 Å². The van der Waals surface area contributed by atoms with Crippen LogP contribution < -0.4 is 10.2 Å². The standard InChI is InChI=1S/C16H20N4O3S/c1-9(16(22)23)10(2)19-14(21)12-4-3-6-20(12)13-11-5-7-24-15(11)18-8-17-13/h5,7-10,12H,3-4,6H2,1-2H3,(H,19,21)(H,22,23). The Hall–Kier alpha value is -2.22. The molecule has 0 spiro atoms. The number of thiophene rings is 1. The summed E-state index contributed by atoms with van der Waals surface area (Å²) in [6, 6.07) is 1.22. The number of carboxylic acid groups (broad SMARTS) is 1. The lowest BCUT2D eigenvalue weighted by molar-refractivity contribution is -0.142. The van der Waals surface area contributed by atoms with E-state index in [0.29, 0.717) is 0 Å². The first-order valence-electron chi connectivity index (χ1n) is 7.97. The molecule has 24 heavy (non-hydrogen) atoms. The van der Waals surface area contributed by atoms with Crippen molar-refractivity contribution in [2.45, 2.75) is 38.8 Å². The highest BCUT2D eigenvalue weighted by Crippen LogP contribution is 2.31. The zero-order valence-corrected chi connectivity index (χ0v) is 14.4. The highest BCUT2D eigenvalue weighted by Gasteiger charge is 2.34. The summed E-state index contributed by atoms with van der Waals surface area (Å²) in [6.07, 6.45) is 3.16. The summed E-state index contributed by atoms with van der Waals surface area (Å²) in [4.78, 5) is 35.3. The Bertz CT molecular complexity index is 763. The van der Waals surface area contributed by atoms with Crippen molar-refractivity contribution in [1.29, 1.82) is 0 Å². The summed E-state index contributed by atoms with van der Waals surface area (Å²) in [5.74, 6) is -0.916. The maximum Gasteiger partial charge on any atom is 0.308 e. The van der Waals surface area contributed by atoms with Crippen LogP contribution in [0.1, 0.15) is 26.7 Å². The third kappa shape index (κ3) is 3.06. The molecule has 3 unspecified atom stereocenters. The van der Waals surface area contributed by atoms with Gasteiger partial charge in [0.05, 0.1) is 11.3 Å². The quantitative estimate of drug-likeness (QED) is 0.857. The van der Waals surface area contributed by atoms with E-state index in [1.165, 1.54) is 6.33 Å². The molecule has 7 nitrogen and oxygen atoms in total. The molecule has 1 aliphatic rings. The number of fused-ring (bicyclic) bond motifs is 1. The number of nitrogens with zero attached hydrogens (tertiary/aromatic N) is 3. The smallest absolute Gasteiger partial charge is 0.308 e. The SMILES string of the molecule is CC(NC(=O)C1CCCN1c1ncnc2sccc12)C(C)C(=O)O. The third-order valence-electron chi connectivity index (χ3n) is 4.58. The predicted octanol–water partition coefficient (Wildman–Crippen LogP) is 1.89. The van der Waals surface area contributed by atoms with Crippen LogP contribution in [0.3, 0.4) is 0 Å². The number of hydrogen-bond donors (Lipinski definition) is 2. The van der Waals surface area contributed by atoms with Crippen LogP contribution in [0.4, 0.5) is 5.82 Å². The van der Waals surface area contributed by atoms with E-state index in [0.717, 1.165) is 35.4 Å². The molecule has 3 atom stereocenters. The molecule has 2 aromatic rings. The van der Waals surface area contributed by atoms with Crippen molar-refractivity contribution in [2.75, 3.05) is 11.4 Å². The van der Waals surface area contributed by atoms with Crippen molar-refractivity contribution in [3.05, 3.63) is 17.8 Å². The second-order valence-corrected chi connectivity index (χ2v) is 7.01. The molecule has 3 rings (SSSR count). The van der Waals surface area contributed by atoms with Gasteiger partial charge in [-0.3, -0.25) is 9.59 Å². The number of anilines is 1. The van der Waals surface area contributed by atoms with Gasteiger partial charge in [-0.1, -0.05) is 0 Å². The average molecular weight is 348 g/mol. The minimum Gasteiger partial charge on any atom is -0.481 e. The van der Waals surface area contributed by atoms with E-state index in [9.17, 15) is 9.59 Å². The van der Waals surface area contributed by atoms with Crippen molar-refractivity contribution < 1.29 is 14.7 Å². The normalized spacial score (nSPS) is 20.1. The summed E-state index contributed by atoms with van der Waals surface area (Å²) in [5, 5.41) is 14.8. The largest absolute Gasteiger partial charge is 0.481 e. The van der Waals surface area contributed by atoms with E-state index < -0.39 is 17.9 Å².